The molecule has 4 nitrogen and oxygen atoms in total. The first-order valence-electron chi connectivity index (χ1n) is 5.49. The molecule has 0 amide bonds. The quantitative estimate of drug-likeness (QED) is 0.820. The maximum Gasteiger partial charge on any atom is 0.179 e. The average Bonchev–Trinajstić information content (AvgIpc) is 2.36. The van der Waals surface area contributed by atoms with Crippen LogP contribution in [-0.2, 0) is 16.3 Å². The average molecular weight is 251 g/mol. The third kappa shape index (κ3) is 2.59. The van der Waals surface area contributed by atoms with E-state index in [1.54, 1.807) is 18.2 Å². The van der Waals surface area contributed by atoms with Crippen molar-refractivity contribution >= 4 is 9.84 Å². The molecule has 1 aromatic carbocycles. The van der Waals surface area contributed by atoms with E-state index in [0.717, 1.165) is 24.2 Å². The summed E-state index contributed by atoms with van der Waals surface area (Å²) in [5, 5.41) is 8.43. The number of ether oxygens (including phenoxy) is 1. The van der Waals surface area contributed by atoms with Gasteiger partial charge in [-0.25, -0.2) is 8.42 Å². The van der Waals surface area contributed by atoms with Crippen molar-refractivity contribution < 1.29 is 13.2 Å². The van der Waals surface area contributed by atoms with Crippen LogP contribution in [0.25, 0.3) is 0 Å². The second-order valence-electron chi connectivity index (χ2n) is 3.95. The molecule has 2 rings (SSSR count). The van der Waals surface area contributed by atoms with Gasteiger partial charge in [-0.15, -0.1) is 0 Å². The lowest BCUT2D eigenvalue weighted by atomic mass is 10.1. The summed E-state index contributed by atoms with van der Waals surface area (Å²) < 4.78 is 29.2. The minimum absolute atomic E-state index is 0.0237. The molecule has 1 aliphatic rings. The van der Waals surface area contributed by atoms with Crippen molar-refractivity contribution in [2.24, 2.45) is 0 Å². The highest BCUT2D eigenvalue weighted by Gasteiger charge is 2.18. The summed E-state index contributed by atoms with van der Waals surface area (Å²) in [7, 11) is -3.33. The summed E-state index contributed by atoms with van der Waals surface area (Å²) in [6.45, 7) is 0.688. The van der Waals surface area contributed by atoms with Crippen LogP contribution in [-0.4, -0.2) is 20.8 Å². The Kier molecular flexibility index (Phi) is 3.34. The first kappa shape index (κ1) is 11.9. The summed E-state index contributed by atoms with van der Waals surface area (Å²) in [4.78, 5) is 0.289. The molecule has 0 bridgehead atoms. The highest BCUT2D eigenvalue weighted by Crippen LogP contribution is 2.27. The van der Waals surface area contributed by atoms with Crippen LogP contribution in [0.2, 0.25) is 0 Å². The molecule has 0 fully saturated rings. The van der Waals surface area contributed by atoms with Gasteiger partial charge in [-0.1, -0.05) is 0 Å². The first-order chi connectivity index (χ1) is 8.13. The van der Waals surface area contributed by atoms with Crippen LogP contribution < -0.4 is 4.74 Å². The molecular weight excluding hydrogens is 238 g/mol. The fraction of sp³-hybridized carbons (Fsp3) is 0.417. The van der Waals surface area contributed by atoms with Crippen molar-refractivity contribution in [2.75, 3.05) is 12.4 Å². The van der Waals surface area contributed by atoms with E-state index < -0.39 is 9.84 Å². The minimum Gasteiger partial charge on any atom is -0.493 e. The largest absolute Gasteiger partial charge is 0.493 e. The summed E-state index contributed by atoms with van der Waals surface area (Å²) in [6.07, 6.45) is 1.78. The summed E-state index contributed by atoms with van der Waals surface area (Å²) in [5.74, 6) is 0.652. The Balaban J connectivity index is 2.31. The van der Waals surface area contributed by atoms with E-state index in [0.29, 0.717) is 6.61 Å². The highest BCUT2D eigenvalue weighted by molar-refractivity contribution is 7.91. The van der Waals surface area contributed by atoms with E-state index in [-0.39, 0.29) is 17.1 Å². The van der Waals surface area contributed by atoms with Crippen LogP contribution in [0, 0.1) is 11.3 Å². The van der Waals surface area contributed by atoms with Crippen LogP contribution in [0.5, 0.6) is 5.75 Å². The zero-order valence-electron chi connectivity index (χ0n) is 9.35. The topological polar surface area (TPSA) is 67.2 Å². The predicted molar refractivity (Wildman–Crippen MR) is 62.5 cm³/mol. The standard InChI is InChI=1S/C12H13NO3S/c13-6-2-8-17(14,15)11-4-5-12-10(9-11)3-1-7-16-12/h4-5,9H,1-3,7-8H2. The minimum atomic E-state index is -3.33. The summed E-state index contributed by atoms with van der Waals surface area (Å²) in [5.41, 5.74) is 0.939. The van der Waals surface area contributed by atoms with Gasteiger partial charge in [0.25, 0.3) is 0 Å². The number of hydrogen-bond acceptors (Lipinski definition) is 4. The number of nitrogens with zero attached hydrogens (tertiary/aromatic N) is 1. The number of sulfone groups is 1. The van der Waals surface area contributed by atoms with Gasteiger partial charge < -0.3 is 4.74 Å². The molecular formula is C12H13NO3S. The summed E-state index contributed by atoms with van der Waals surface area (Å²) >= 11 is 0. The Hall–Kier alpha value is -1.54. The lowest BCUT2D eigenvalue weighted by Gasteiger charge is -2.17. The monoisotopic (exact) mass is 251 g/mol. The molecule has 17 heavy (non-hydrogen) atoms. The van der Waals surface area contributed by atoms with Gasteiger partial charge >= 0.3 is 0 Å². The van der Waals surface area contributed by atoms with Crippen molar-refractivity contribution in [1.29, 1.82) is 5.26 Å². The van der Waals surface area contributed by atoms with Gasteiger partial charge in [0.1, 0.15) is 5.75 Å². The normalized spacial score (nSPS) is 14.5. The van der Waals surface area contributed by atoms with Crippen LogP contribution in [0.15, 0.2) is 23.1 Å². The van der Waals surface area contributed by atoms with E-state index in [4.69, 9.17) is 10.00 Å². The van der Waals surface area contributed by atoms with E-state index in [9.17, 15) is 8.42 Å². The second kappa shape index (κ2) is 4.76. The van der Waals surface area contributed by atoms with Crippen LogP contribution in [0.4, 0.5) is 0 Å². The Bertz CT molecular complexity index is 558. The van der Waals surface area contributed by atoms with Crippen LogP contribution in [0.1, 0.15) is 18.4 Å². The molecule has 1 aliphatic heterocycles. The van der Waals surface area contributed by atoms with E-state index in [2.05, 4.69) is 0 Å². The van der Waals surface area contributed by atoms with Gasteiger partial charge in [0.05, 0.1) is 23.3 Å². The lowest BCUT2D eigenvalue weighted by Crippen LogP contribution is -2.11. The molecule has 0 spiro atoms. The number of nitriles is 1. The molecule has 1 heterocycles. The molecule has 0 aliphatic carbocycles. The Morgan fingerprint density at radius 2 is 2.24 bits per heavy atom. The maximum absolute atomic E-state index is 11.9. The molecule has 5 heteroatoms. The van der Waals surface area contributed by atoms with Crippen LogP contribution in [0.3, 0.4) is 0 Å². The van der Waals surface area contributed by atoms with E-state index >= 15 is 0 Å². The SMILES string of the molecule is N#CCCS(=O)(=O)c1ccc2c(c1)CCCO2. The molecule has 1 aromatic rings. The third-order valence-electron chi connectivity index (χ3n) is 2.72. The van der Waals surface area contributed by atoms with Gasteiger partial charge in [0.15, 0.2) is 9.84 Å². The predicted octanol–water partition coefficient (Wildman–Crippen LogP) is 1.70. The van der Waals surface area contributed by atoms with E-state index in [1.165, 1.54) is 0 Å². The number of aryl methyl sites for hydroxylation is 1. The van der Waals surface area contributed by atoms with E-state index in [1.807, 2.05) is 6.07 Å². The van der Waals surface area contributed by atoms with Crippen molar-refractivity contribution in [3.63, 3.8) is 0 Å². The van der Waals surface area contributed by atoms with Crippen molar-refractivity contribution in [1.82, 2.24) is 0 Å². The fourth-order valence-corrected chi connectivity index (χ4v) is 3.02. The Morgan fingerprint density at radius 1 is 1.41 bits per heavy atom. The number of rotatable bonds is 3. The molecule has 0 N–H and O–H groups in total. The molecule has 0 saturated carbocycles. The first-order valence-corrected chi connectivity index (χ1v) is 7.14. The smallest absolute Gasteiger partial charge is 0.179 e. The Labute approximate surface area is 101 Å². The molecule has 0 aromatic heterocycles. The molecule has 0 saturated heterocycles. The molecule has 0 atom stereocenters. The lowest BCUT2D eigenvalue weighted by molar-refractivity contribution is 0.288. The fourth-order valence-electron chi connectivity index (χ4n) is 1.83. The highest BCUT2D eigenvalue weighted by atomic mass is 32.2. The van der Waals surface area contributed by atoms with Gasteiger partial charge in [-0.05, 0) is 36.6 Å². The van der Waals surface area contributed by atoms with Gasteiger partial charge in [0, 0.05) is 6.42 Å². The summed E-state index contributed by atoms with van der Waals surface area (Å²) in [6, 6.07) is 6.77. The Morgan fingerprint density at radius 3 is 3.00 bits per heavy atom. The zero-order valence-corrected chi connectivity index (χ0v) is 10.2. The van der Waals surface area contributed by atoms with Crippen molar-refractivity contribution in [2.45, 2.75) is 24.2 Å². The van der Waals surface area contributed by atoms with Crippen molar-refractivity contribution in [3.05, 3.63) is 23.8 Å². The number of benzene rings is 1. The molecule has 0 radical (unpaired) electrons. The number of fused-ring (bicyclic) bond motifs is 1. The maximum atomic E-state index is 11.9. The second-order valence-corrected chi connectivity index (χ2v) is 6.06. The number of hydrogen-bond donors (Lipinski definition) is 0. The van der Waals surface area contributed by atoms with Crippen molar-refractivity contribution in [3.8, 4) is 11.8 Å². The van der Waals surface area contributed by atoms with Gasteiger partial charge in [0.2, 0.25) is 0 Å². The van der Waals surface area contributed by atoms with Crippen LogP contribution >= 0.6 is 0 Å². The molecule has 90 valence electrons. The van der Waals surface area contributed by atoms with Gasteiger partial charge in [-0.3, -0.25) is 0 Å². The van der Waals surface area contributed by atoms with Gasteiger partial charge in [-0.2, -0.15) is 5.26 Å². The third-order valence-corrected chi connectivity index (χ3v) is 4.44. The zero-order chi connectivity index (χ0) is 12.3. The molecule has 0 unspecified atom stereocenters.